The van der Waals surface area contributed by atoms with Gasteiger partial charge in [0, 0.05) is 12.6 Å². The molecule has 1 atom stereocenters. The number of hydrogen-bond donors (Lipinski definition) is 2. The number of piperidine rings is 1. The Labute approximate surface area is 94.3 Å². The third-order valence-electron chi connectivity index (χ3n) is 2.76. The highest BCUT2D eigenvalue weighted by molar-refractivity contribution is 5.58. The van der Waals surface area contributed by atoms with E-state index in [0.29, 0.717) is 11.6 Å². The lowest BCUT2D eigenvalue weighted by Gasteiger charge is -2.25. The first-order chi connectivity index (χ1) is 7.79. The molecule has 1 fully saturated rings. The fraction of sp³-hybridized carbons (Fsp3) is 0.417. The molecule has 0 aliphatic carbocycles. The van der Waals surface area contributed by atoms with E-state index in [1.165, 1.54) is 12.1 Å². The number of anilines is 1. The molecule has 0 radical (unpaired) electrons. The van der Waals surface area contributed by atoms with Crippen molar-refractivity contribution in [3.63, 3.8) is 0 Å². The molecule has 1 aliphatic heterocycles. The molecule has 16 heavy (non-hydrogen) atoms. The van der Waals surface area contributed by atoms with Crippen LogP contribution in [-0.4, -0.2) is 19.1 Å². The van der Waals surface area contributed by atoms with Crippen molar-refractivity contribution < 1.29 is 4.39 Å². The van der Waals surface area contributed by atoms with Crippen LogP contribution in [0.25, 0.3) is 0 Å². The van der Waals surface area contributed by atoms with Gasteiger partial charge in [0.25, 0.3) is 0 Å². The van der Waals surface area contributed by atoms with Crippen LogP contribution in [0.4, 0.5) is 10.1 Å². The molecular weight excluding hydrogens is 205 g/mol. The highest BCUT2D eigenvalue weighted by Crippen LogP contribution is 2.18. The Bertz CT molecular complexity index is 405. The van der Waals surface area contributed by atoms with Gasteiger partial charge >= 0.3 is 0 Å². The van der Waals surface area contributed by atoms with E-state index in [0.717, 1.165) is 31.6 Å². The van der Waals surface area contributed by atoms with E-state index in [4.69, 9.17) is 5.26 Å². The van der Waals surface area contributed by atoms with Crippen molar-refractivity contribution in [3.05, 3.63) is 29.6 Å². The van der Waals surface area contributed by atoms with Crippen molar-refractivity contribution in [1.82, 2.24) is 5.32 Å². The highest BCUT2D eigenvalue weighted by atomic mass is 19.1. The maximum atomic E-state index is 12.9. The maximum Gasteiger partial charge on any atom is 0.124 e. The molecule has 0 amide bonds. The lowest BCUT2D eigenvalue weighted by molar-refractivity contribution is 0.480. The Kier molecular flexibility index (Phi) is 3.37. The van der Waals surface area contributed by atoms with Gasteiger partial charge in [-0.05, 0) is 37.6 Å². The summed E-state index contributed by atoms with van der Waals surface area (Å²) in [5, 5.41) is 15.5. The molecule has 1 unspecified atom stereocenters. The minimum atomic E-state index is -0.371. The third kappa shape index (κ3) is 2.50. The number of nitrogens with one attached hydrogen (secondary N) is 2. The molecule has 3 nitrogen and oxygen atoms in total. The smallest absolute Gasteiger partial charge is 0.124 e. The Morgan fingerprint density at radius 3 is 3.06 bits per heavy atom. The molecule has 4 heteroatoms. The number of hydrogen-bond acceptors (Lipinski definition) is 3. The quantitative estimate of drug-likeness (QED) is 0.798. The van der Waals surface area contributed by atoms with Gasteiger partial charge < -0.3 is 10.6 Å². The van der Waals surface area contributed by atoms with Crippen molar-refractivity contribution in [1.29, 1.82) is 5.26 Å². The summed E-state index contributed by atoms with van der Waals surface area (Å²) in [6, 6.07) is 6.59. The van der Waals surface area contributed by atoms with Crippen LogP contribution in [0.1, 0.15) is 18.4 Å². The summed E-state index contributed by atoms with van der Waals surface area (Å²) in [6.45, 7) is 1.94. The zero-order valence-electron chi connectivity index (χ0n) is 8.96. The summed E-state index contributed by atoms with van der Waals surface area (Å²) < 4.78 is 12.9. The van der Waals surface area contributed by atoms with Crippen molar-refractivity contribution >= 4 is 5.69 Å². The second-order valence-corrected chi connectivity index (χ2v) is 3.99. The van der Waals surface area contributed by atoms with Crippen LogP contribution in [-0.2, 0) is 0 Å². The Morgan fingerprint density at radius 1 is 1.50 bits per heavy atom. The number of nitriles is 1. The van der Waals surface area contributed by atoms with Gasteiger partial charge in [0.15, 0.2) is 0 Å². The first-order valence-corrected chi connectivity index (χ1v) is 5.46. The van der Waals surface area contributed by atoms with Crippen LogP contribution in [0.2, 0.25) is 0 Å². The van der Waals surface area contributed by atoms with Crippen molar-refractivity contribution in [2.24, 2.45) is 0 Å². The molecule has 1 heterocycles. The van der Waals surface area contributed by atoms with Gasteiger partial charge in [0.2, 0.25) is 0 Å². The first kappa shape index (κ1) is 10.9. The number of halogens is 1. The molecule has 0 bridgehead atoms. The Morgan fingerprint density at radius 2 is 2.38 bits per heavy atom. The van der Waals surface area contributed by atoms with E-state index >= 15 is 0 Å². The standard InChI is InChI=1S/C12H14FN3/c13-10-3-4-12(9(6-10)7-14)16-11-2-1-5-15-8-11/h3-4,6,11,15-16H,1-2,5,8H2. The van der Waals surface area contributed by atoms with Crippen LogP contribution < -0.4 is 10.6 Å². The topological polar surface area (TPSA) is 47.9 Å². The van der Waals surface area contributed by atoms with Gasteiger partial charge in [0.1, 0.15) is 11.9 Å². The molecule has 2 rings (SSSR count). The van der Waals surface area contributed by atoms with E-state index < -0.39 is 0 Å². The second-order valence-electron chi connectivity index (χ2n) is 3.99. The Balaban J connectivity index is 2.11. The highest BCUT2D eigenvalue weighted by Gasteiger charge is 2.14. The normalized spacial score (nSPS) is 20.1. The first-order valence-electron chi connectivity index (χ1n) is 5.46. The molecule has 0 saturated carbocycles. The fourth-order valence-corrected chi connectivity index (χ4v) is 1.93. The minimum Gasteiger partial charge on any atom is -0.380 e. The molecule has 1 aromatic rings. The second kappa shape index (κ2) is 4.95. The van der Waals surface area contributed by atoms with Crippen LogP contribution in [0, 0.1) is 17.1 Å². The molecule has 2 N–H and O–H groups in total. The molecule has 84 valence electrons. The van der Waals surface area contributed by atoms with E-state index in [1.807, 2.05) is 6.07 Å². The summed E-state index contributed by atoms with van der Waals surface area (Å²) >= 11 is 0. The van der Waals surface area contributed by atoms with E-state index in [9.17, 15) is 4.39 Å². The minimum absolute atomic E-state index is 0.325. The molecule has 0 spiro atoms. The average molecular weight is 219 g/mol. The monoisotopic (exact) mass is 219 g/mol. The number of benzene rings is 1. The van der Waals surface area contributed by atoms with Crippen LogP contribution in [0.5, 0.6) is 0 Å². The predicted molar refractivity (Wildman–Crippen MR) is 60.6 cm³/mol. The van der Waals surface area contributed by atoms with Gasteiger partial charge in [0.05, 0.1) is 11.3 Å². The number of nitrogens with zero attached hydrogens (tertiary/aromatic N) is 1. The van der Waals surface area contributed by atoms with E-state index in [1.54, 1.807) is 6.07 Å². The maximum absolute atomic E-state index is 12.9. The van der Waals surface area contributed by atoms with Gasteiger partial charge in [-0.3, -0.25) is 0 Å². The fourth-order valence-electron chi connectivity index (χ4n) is 1.93. The number of rotatable bonds is 2. The van der Waals surface area contributed by atoms with E-state index in [2.05, 4.69) is 10.6 Å². The largest absolute Gasteiger partial charge is 0.380 e. The molecule has 0 aromatic heterocycles. The van der Waals surface area contributed by atoms with Crippen LogP contribution in [0.3, 0.4) is 0 Å². The van der Waals surface area contributed by atoms with Crippen molar-refractivity contribution in [2.75, 3.05) is 18.4 Å². The average Bonchev–Trinajstić information content (AvgIpc) is 2.33. The van der Waals surface area contributed by atoms with Gasteiger partial charge in [-0.1, -0.05) is 0 Å². The Hall–Kier alpha value is -1.60. The molecule has 1 aromatic carbocycles. The van der Waals surface area contributed by atoms with Crippen molar-refractivity contribution in [3.8, 4) is 6.07 Å². The zero-order chi connectivity index (χ0) is 11.4. The summed E-state index contributed by atoms with van der Waals surface area (Å²) in [7, 11) is 0. The molecular formula is C12H14FN3. The molecule has 1 aliphatic rings. The summed E-state index contributed by atoms with van der Waals surface area (Å²) in [5.41, 5.74) is 1.09. The lowest BCUT2D eigenvalue weighted by Crippen LogP contribution is -2.38. The zero-order valence-corrected chi connectivity index (χ0v) is 8.96. The summed E-state index contributed by atoms with van der Waals surface area (Å²) in [6.07, 6.45) is 2.20. The lowest BCUT2D eigenvalue weighted by atomic mass is 10.1. The molecule has 1 saturated heterocycles. The van der Waals surface area contributed by atoms with Crippen molar-refractivity contribution in [2.45, 2.75) is 18.9 Å². The van der Waals surface area contributed by atoms with Gasteiger partial charge in [-0.15, -0.1) is 0 Å². The summed E-state index contributed by atoms with van der Waals surface area (Å²) in [4.78, 5) is 0. The summed E-state index contributed by atoms with van der Waals surface area (Å²) in [5.74, 6) is -0.371. The SMILES string of the molecule is N#Cc1cc(F)ccc1NC1CCCNC1. The predicted octanol–water partition coefficient (Wildman–Crippen LogP) is 1.86. The van der Waals surface area contributed by atoms with Gasteiger partial charge in [-0.2, -0.15) is 5.26 Å². The third-order valence-corrected chi connectivity index (χ3v) is 2.76. The van der Waals surface area contributed by atoms with Gasteiger partial charge in [-0.25, -0.2) is 4.39 Å². The van der Waals surface area contributed by atoms with E-state index in [-0.39, 0.29) is 5.82 Å². The van der Waals surface area contributed by atoms with Crippen LogP contribution in [0.15, 0.2) is 18.2 Å². The van der Waals surface area contributed by atoms with Crippen LogP contribution >= 0.6 is 0 Å².